The Kier molecular flexibility index (Phi) is 2.95. The van der Waals surface area contributed by atoms with Crippen LogP contribution in [0.3, 0.4) is 0 Å². The summed E-state index contributed by atoms with van der Waals surface area (Å²) < 4.78 is 0. The van der Waals surface area contributed by atoms with Gasteiger partial charge in [0, 0.05) is 0 Å². The summed E-state index contributed by atoms with van der Waals surface area (Å²) in [5.41, 5.74) is 0. The molecule has 1 aromatic carbocycles. The summed E-state index contributed by atoms with van der Waals surface area (Å²) in [6.45, 7) is 0. The smallest absolute Gasteiger partial charge is 0.115 e. The van der Waals surface area contributed by atoms with Crippen LogP contribution in [0.1, 0.15) is 0 Å². The van der Waals surface area contributed by atoms with E-state index in [-0.39, 0.29) is 11.0 Å². The Balaban J connectivity index is 0.000000490. The summed E-state index contributed by atoms with van der Waals surface area (Å²) in [5.74, 6) is 0.322. The molecule has 8 heavy (non-hydrogen) atoms. The van der Waals surface area contributed by atoms with Gasteiger partial charge >= 0.3 is 0 Å². The van der Waals surface area contributed by atoms with Crippen LogP contribution in [-0.2, 0) is 0 Å². The Hall–Kier alpha value is -0.763. The summed E-state index contributed by atoms with van der Waals surface area (Å²) in [5, 5.41) is 8.63. The Labute approximate surface area is 53.0 Å². The van der Waals surface area contributed by atoms with E-state index >= 15 is 0 Å². The molecule has 0 unspecified atom stereocenters. The monoisotopic (exact) mass is 126 g/mol. The number of phenols is 1. The van der Waals surface area contributed by atoms with E-state index in [4.69, 9.17) is 5.11 Å². The molecular weight excluding hydrogens is 116 g/mol. The molecule has 1 rings (SSSR count). The zero-order valence-corrected chi connectivity index (χ0v) is 3.83. The Morgan fingerprint density at radius 2 is 1.50 bits per heavy atom. The number of phenolic OH excluding ortho intramolecular Hbond substituents is 1. The molecule has 0 aliphatic rings. The molecular formula is C6H10OSi. The summed E-state index contributed by atoms with van der Waals surface area (Å²) in [6.07, 6.45) is 0. The van der Waals surface area contributed by atoms with Crippen LogP contribution >= 0.6 is 0 Å². The Morgan fingerprint density at radius 1 is 1.00 bits per heavy atom. The minimum atomic E-state index is 0. The van der Waals surface area contributed by atoms with Gasteiger partial charge in [-0.05, 0) is 23.1 Å². The van der Waals surface area contributed by atoms with Gasteiger partial charge in [0.25, 0.3) is 0 Å². The molecule has 0 amide bonds. The minimum absolute atomic E-state index is 0. The summed E-state index contributed by atoms with van der Waals surface area (Å²) in [7, 11) is 0. The first-order valence-electron chi connectivity index (χ1n) is 2.13. The lowest BCUT2D eigenvalue weighted by Gasteiger charge is -1.82. The molecule has 0 aliphatic heterocycles. The van der Waals surface area contributed by atoms with Crippen LogP contribution in [0.2, 0.25) is 0 Å². The van der Waals surface area contributed by atoms with E-state index in [2.05, 4.69) is 0 Å². The molecule has 0 radical (unpaired) electrons. The fraction of sp³-hybridized carbons (Fsp3) is 0. The summed E-state index contributed by atoms with van der Waals surface area (Å²) >= 11 is 0. The van der Waals surface area contributed by atoms with Gasteiger partial charge in [0.05, 0.1) is 0 Å². The number of hydrogen-bond donors (Lipinski definition) is 1. The van der Waals surface area contributed by atoms with Crippen LogP contribution < -0.4 is 0 Å². The quantitative estimate of drug-likeness (QED) is 0.483. The number of aromatic hydroxyl groups is 1. The standard InChI is InChI=1S/C6H6O.H4Si/c7-6-4-2-1-3-5-6;/h1-5,7H;1H4. The van der Waals surface area contributed by atoms with Gasteiger partial charge in [0.15, 0.2) is 0 Å². The van der Waals surface area contributed by atoms with Gasteiger partial charge in [0.1, 0.15) is 5.75 Å². The minimum Gasteiger partial charge on any atom is -0.508 e. The van der Waals surface area contributed by atoms with Gasteiger partial charge in [-0.1, -0.05) is 18.2 Å². The maximum Gasteiger partial charge on any atom is 0.115 e. The third kappa shape index (κ3) is 1.79. The highest BCUT2D eigenvalue weighted by Gasteiger charge is 1.74. The third-order valence-corrected chi connectivity index (χ3v) is 0.756. The van der Waals surface area contributed by atoms with Crippen LogP contribution in [0, 0.1) is 0 Å². The van der Waals surface area contributed by atoms with E-state index < -0.39 is 0 Å². The molecule has 0 aromatic heterocycles. The van der Waals surface area contributed by atoms with Gasteiger partial charge in [-0.3, -0.25) is 0 Å². The highest BCUT2D eigenvalue weighted by molar-refractivity contribution is 5.75. The SMILES string of the molecule is Oc1ccccc1.[SiH4]. The van der Waals surface area contributed by atoms with E-state index in [0.717, 1.165) is 0 Å². The summed E-state index contributed by atoms with van der Waals surface area (Å²) in [4.78, 5) is 0. The van der Waals surface area contributed by atoms with Crippen molar-refractivity contribution in [1.82, 2.24) is 0 Å². The zero-order valence-electron chi connectivity index (χ0n) is 3.83. The Bertz CT molecular complexity index is 138. The number of para-hydroxylation sites is 1. The van der Waals surface area contributed by atoms with Gasteiger partial charge in [-0.25, -0.2) is 0 Å². The van der Waals surface area contributed by atoms with Crippen molar-refractivity contribution in [2.45, 2.75) is 0 Å². The van der Waals surface area contributed by atoms with Crippen molar-refractivity contribution in [3.63, 3.8) is 0 Å². The zero-order chi connectivity index (χ0) is 5.11. The second-order valence-electron chi connectivity index (χ2n) is 1.34. The number of benzene rings is 1. The van der Waals surface area contributed by atoms with Crippen LogP contribution in [0.15, 0.2) is 30.3 Å². The van der Waals surface area contributed by atoms with Crippen molar-refractivity contribution in [3.8, 4) is 5.75 Å². The topological polar surface area (TPSA) is 20.2 Å². The van der Waals surface area contributed by atoms with E-state index in [0.29, 0.717) is 5.75 Å². The van der Waals surface area contributed by atoms with Gasteiger partial charge < -0.3 is 5.11 Å². The van der Waals surface area contributed by atoms with Crippen LogP contribution in [-0.4, -0.2) is 16.1 Å². The largest absolute Gasteiger partial charge is 0.508 e. The average Bonchev–Trinajstić information content (AvgIpc) is 1.69. The predicted molar refractivity (Wildman–Crippen MR) is 39.4 cm³/mol. The first-order chi connectivity index (χ1) is 3.39. The summed E-state index contributed by atoms with van der Waals surface area (Å²) in [6, 6.07) is 8.71. The van der Waals surface area contributed by atoms with E-state index in [9.17, 15) is 0 Å². The average molecular weight is 126 g/mol. The lowest BCUT2D eigenvalue weighted by Crippen LogP contribution is -1.56. The predicted octanol–water partition coefficient (Wildman–Crippen LogP) is -0.0594. The third-order valence-electron chi connectivity index (χ3n) is 0.756. The maximum atomic E-state index is 8.63. The first kappa shape index (κ1) is 7.24. The van der Waals surface area contributed by atoms with Gasteiger partial charge in [-0.15, -0.1) is 0 Å². The van der Waals surface area contributed by atoms with E-state index in [1.165, 1.54) is 0 Å². The molecule has 0 atom stereocenters. The molecule has 44 valence electrons. The molecule has 1 N–H and O–H groups in total. The van der Waals surface area contributed by atoms with Crippen LogP contribution in [0.4, 0.5) is 0 Å². The molecule has 0 spiro atoms. The van der Waals surface area contributed by atoms with Crippen molar-refractivity contribution in [2.24, 2.45) is 0 Å². The molecule has 0 saturated carbocycles. The van der Waals surface area contributed by atoms with Gasteiger partial charge in [-0.2, -0.15) is 0 Å². The van der Waals surface area contributed by atoms with Gasteiger partial charge in [0.2, 0.25) is 0 Å². The van der Waals surface area contributed by atoms with E-state index in [1.54, 1.807) is 24.3 Å². The molecule has 0 saturated heterocycles. The Morgan fingerprint density at radius 3 is 1.75 bits per heavy atom. The van der Waals surface area contributed by atoms with Crippen molar-refractivity contribution in [3.05, 3.63) is 30.3 Å². The number of hydrogen-bond acceptors (Lipinski definition) is 1. The highest BCUT2D eigenvalue weighted by atomic mass is 28.1. The molecule has 0 heterocycles. The maximum absolute atomic E-state index is 8.63. The molecule has 0 aliphatic carbocycles. The van der Waals surface area contributed by atoms with Crippen molar-refractivity contribution >= 4 is 11.0 Å². The molecule has 0 fully saturated rings. The fourth-order valence-corrected chi connectivity index (χ4v) is 0.428. The molecule has 1 nitrogen and oxygen atoms in total. The van der Waals surface area contributed by atoms with Crippen molar-refractivity contribution in [1.29, 1.82) is 0 Å². The second-order valence-corrected chi connectivity index (χ2v) is 1.34. The van der Waals surface area contributed by atoms with Crippen molar-refractivity contribution in [2.75, 3.05) is 0 Å². The molecule has 1 aromatic rings. The normalized spacial score (nSPS) is 7.50. The van der Waals surface area contributed by atoms with E-state index in [1.807, 2.05) is 6.07 Å². The lowest BCUT2D eigenvalue weighted by molar-refractivity contribution is 0.475. The lowest BCUT2D eigenvalue weighted by atomic mass is 10.3. The number of rotatable bonds is 0. The highest BCUT2D eigenvalue weighted by Crippen LogP contribution is 2.02. The molecule has 2 heteroatoms. The first-order valence-corrected chi connectivity index (χ1v) is 2.13. The van der Waals surface area contributed by atoms with Crippen molar-refractivity contribution < 1.29 is 5.11 Å². The fourth-order valence-electron chi connectivity index (χ4n) is 0.428. The molecule has 0 bridgehead atoms. The second kappa shape index (κ2) is 3.27. The van der Waals surface area contributed by atoms with Crippen LogP contribution in [0.5, 0.6) is 5.75 Å². The van der Waals surface area contributed by atoms with Crippen LogP contribution in [0.25, 0.3) is 0 Å².